The maximum Gasteiger partial charge on any atom is 0.475 e. The molecule has 1 aromatic carbocycles. The summed E-state index contributed by atoms with van der Waals surface area (Å²) in [4.78, 5) is 16.5. The lowest BCUT2D eigenvalue weighted by atomic mass is 9.73. The minimum Gasteiger partial charge on any atom is -0.493 e. The number of carbonyl (C=O) groups excluding carboxylic acids is 1. The monoisotopic (exact) mass is 370 g/mol. The van der Waals surface area contributed by atoms with Crippen molar-refractivity contribution in [1.29, 1.82) is 0 Å². The molecule has 27 heavy (non-hydrogen) atoms. The number of fused-ring (bicyclic) bond motifs is 1. The van der Waals surface area contributed by atoms with Crippen molar-refractivity contribution in [3.05, 3.63) is 53.9 Å². The maximum atomic E-state index is 12.3. The van der Waals surface area contributed by atoms with Crippen LogP contribution in [0, 0.1) is 0 Å². The lowest BCUT2D eigenvalue weighted by molar-refractivity contribution is -0.121. The van der Waals surface area contributed by atoms with Gasteiger partial charge in [0, 0.05) is 17.2 Å². The smallest absolute Gasteiger partial charge is 0.475 e. The molecule has 2 heterocycles. The first-order chi connectivity index (χ1) is 13.1. The van der Waals surface area contributed by atoms with Crippen LogP contribution in [0.4, 0.5) is 0 Å². The molecule has 1 aromatic heterocycles. The highest BCUT2D eigenvalue weighted by Gasteiger charge is 2.32. The molecule has 8 heteroatoms. The fraction of sp³-hybridized carbons (Fsp3) is 0.368. The molecule has 142 valence electrons. The van der Waals surface area contributed by atoms with Crippen molar-refractivity contribution in [2.24, 2.45) is 0 Å². The number of pyridine rings is 1. The van der Waals surface area contributed by atoms with Gasteiger partial charge in [-0.15, -0.1) is 0 Å². The molecule has 0 saturated heterocycles. The number of rotatable bonds is 8. The second kappa shape index (κ2) is 8.88. The zero-order valence-electron chi connectivity index (χ0n) is 15.2. The second-order valence-electron chi connectivity index (χ2n) is 6.46. The van der Waals surface area contributed by atoms with E-state index in [1.165, 1.54) is 0 Å². The number of hydrogen-bond acceptors (Lipinski definition) is 6. The third-order valence-electron chi connectivity index (χ3n) is 4.49. The average Bonchev–Trinajstić information content (AvgIpc) is 3.06. The SMILES string of the molecule is CCOc1ccc(CC(=O)N[C@@H](C[C@@H]2COc3ccccc32)B(O)O)nc1. The first-order valence-electron chi connectivity index (χ1n) is 9.01. The van der Waals surface area contributed by atoms with E-state index in [9.17, 15) is 14.8 Å². The van der Waals surface area contributed by atoms with Crippen LogP contribution in [0.2, 0.25) is 0 Å². The summed E-state index contributed by atoms with van der Waals surface area (Å²) >= 11 is 0. The Morgan fingerprint density at radius 3 is 2.89 bits per heavy atom. The third-order valence-corrected chi connectivity index (χ3v) is 4.49. The van der Waals surface area contributed by atoms with Crippen molar-refractivity contribution in [2.75, 3.05) is 13.2 Å². The van der Waals surface area contributed by atoms with Crippen LogP contribution in [0.25, 0.3) is 0 Å². The van der Waals surface area contributed by atoms with Crippen LogP contribution < -0.4 is 14.8 Å². The Balaban J connectivity index is 1.58. The summed E-state index contributed by atoms with van der Waals surface area (Å²) in [7, 11) is -1.66. The minimum absolute atomic E-state index is 0.00287. The quantitative estimate of drug-likeness (QED) is 0.602. The van der Waals surface area contributed by atoms with E-state index < -0.39 is 13.1 Å². The summed E-state index contributed by atoms with van der Waals surface area (Å²) in [6.07, 6.45) is 1.99. The predicted octanol–water partition coefficient (Wildman–Crippen LogP) is 1.09. The Morgan fingerprint density at radius 1 is 1.37 bits per heavy atom. The molecule has 0 spiro atoms. The largest absolute Gasteiger partial charge is 0.493 e. The lowest BCUT2D eigenvalue weighted by Gasteiger charge is -2.20. The maximum absolute atomic E-state index is 12.3. The molecule has 0 bridgehead atoms. The van der Waals surface area contributed by atoms with Gasteiger partial charge in [-0.25, -0.2) is 0 Å². The molecule has 2 atom stereocenters. The zero-order valence-corrected chi connectivity index (χ0v) is 15.2. The molecule has 1 amide bonds. The van der Waals surface area contributed by atoms with Gasteiger partial charge in [0.2, 0.25) is 5.91 Å². The van der Waals surface area contributed by atoms with E-state index in [4.69, 9.17) is 9.47 Å². The zero-order chi connectivity index (χ0) is 19.2. The number of ether oxygens (including phenoxy) is 2. The highest BCUT2D eigenvalue weighted by atomic mass is 16.5. The molecule has 0 radical (unpaired) electrons. The fourth-order valence-electron chi connectivity index (χ4n) is 3.18. The molecular formula is C19H23BN2O5. The molecule has 7 nitrogen and oxygen atoms in total. The third kappa shape index (κ3) is 4.99. The molecule has 0 aliphatic carbocycles. The number of aromatic nitrogens is 1. The van der Waals surface area contributed by atoms with Crippen LogP contribution in [0.15, 0.2) is 42.6 Å². The van der Waals surface area contributed by atoms with Gasteiger partial charge in [-0.2, -0.15) is 0 Å². The van der Waals surface area contributed by atoms with Crippen molar-refractivity contribution < 1.29 is 24.3 Å². The van der Waals surface area contributed by atoms with Gasteiger partial charge in [0.05, 0.1) is 31.8 Å². The van der Waals surface area contributed by atoms with Gasteiger partial charge in [-0.3, -0.25) is 9.78 Å². The van der Waals surface area contributed by atoms with E-state index in [0.29, 0.717) is 31.1 Å². The van der Waals surface area contributed by atoms with Gasteiger partial charge in [-0.1, -0.05) is 18.2 Å². The van der Waals surface area contributed by atoms with Crippen LogP contribution in [-0.4, -0.2) is 47.2 Å². The lowest BCUT2D eigenvalue weighted by Crippen LogP contribution is -2.48. The van der Waals surface area contributed by atoms with Gasteiger partial charge < -0.3 is 24.8 Å². The molecular weight excluding hydrogens is 347 g/mol. The van der Waals surface area contributed by atoms with Crippen LogP contribution in [0.3, 0.4) is 0 Å². The van der Waals surface area contributed by atoms with E-state index in [1.807, 2.05) is 31.2 Å². The fourth-order valence-corrected chi connectivity index (χ4v) is 3.18. The highest BCUT2D eigenvalue weighted by molar-refractivity contribution is 6.43. The van der Waals surface area contributed by atoms with Crippen LogP contribution >= 0.6 is 0 Å². The molecule has 0 saturated carbocycles. The van der Waals surface area contributed by atoms with Crippen molar-refractivity contribution in [1.82, 2.24) is 10.3 Å². The Hall–Kier alpha value is -2.58. The van der Waals surface area contributed by atoms with Crippen molar-refractivity contribution in [2.45, 2.75) is 31.6 Å². The number of benzene rings is 1. The van der Waals surface area contributed by atoms with E-state index >= 15 is 0 Å². The summed E-state index contributed by atoms with van der Waals surface area (Å²) in [5, 5.41) is 22.1. The van der Waals surface area contributed by atoms with Gasteiger partial charge >= 0.3 is 7.12 Å². The molecule has 0 unspecified atom stereocenters. The summed E-state index contributed by atoms with van der Waals surface area (Å²) in [5.41, 5.74) is 1.60. The van der Waals surface area contributed by atoms with Gasteiger partial charge in [0.25, 0.3) is 0 Å². The van der Waals surface area contributed by atoms with E-state index in [0.717, 1.165) is 11.3 Å². The predicted molar refractivity (Wildman–Crippen MR) is 101 cm³/mol. The van der Waals surface area contributed by atoms with Gasteiger partial charge in [-0.05, 0) is 31.5 Å². The summed E-state index contributed by atoms with van der Waals surface area (Å²) < 4.78 is 10.9. The van der Waals surface area contributed by atoms with Crippen LogP contribution in [0.5, 0.6) is 11.5 Å². The van der Waals surface area contributed by atoms with Crippen LogP contribution in [-0.2, 0) is 11.2 Å². The van der Waals surface area contributed by atoms with Crippen molar-refractivity contribution in [3.63, 3.8) is 0 Å². The minimum atomic E-state index is -1.66. The molecule has 3 rings (SSSR count). The molecule has 2 aromatic rings. The number of carbonyl (C=O) groups is 1. The number of amides is 1. The van der Waals surface area contributed by atoms with Crippen molar-refractivity contribution in [3.8, 4) is 11.5 Å². The Morgan fingerprint density at radius 2 is 2.19 bits per heavy atom. The van der Waals surface area contributed by atoms with Crippen molar-refractivity contribution >= 4 is 13.0 Å². The van der Waals surface area contributed by atoms with Gasteiger partial charge in [0.1, 0.15) is 11.5 Å². The van der Waals surface area contributed by atoms with E-state index in [-0.39, 0.29) is 18.2 Å². The first kappa shape index (κ1) is 19.2. The number of hydrogen-bond donors (Lipinski definition) is 3. The summed E-state index contributed by atoms with van der Waals surface area (Å²) in [5.74, 6) is 0.331. The molecule has 1 aliphatic rings. The van der Waals surface area contributed by atoms with E-state index in [2.05, 4.69) is 10.3 Å². The average molecular weight is 370 g/mol. The Labute approximate surface area is 158 Å². The summed E-state index contributed by atoms with van der Waals surface area (Å²) in [6.45, 7) is 2.89. The number of para-hydroxylation sites is 1. The Kier molecular flexibility index (Phi) is 6.31. The highest BCUT2D eigenvalue weighted by Crippen LogP contribution is 2.36. The summed E-state index contributed by atoms with van der Waals surface area (Å²) in [6, 6.07) is 11.1. The molecule has 3 N–H and O–H groups in total. The normalized spacial score (nSPS) is 16.2. The standard InChI is InChI=1S/C19H23BN2O5/c1-2-26-15-8-7-14(21-11-15)10-19(23)22-18(20(24)25)9-13-12-27-17-6-4-3-5-16(13)17/h3-8,11,13,18,24-25H,2,9-10,12H2,1H3,(H,22,23)/t13-,18+/m1/s1. The van der Waals surface area contributed by atoms with Gasteiger partial charge in [0.15, 0.2) is 0 Å². The molecule has 1 aliphatic heterocycles. The first-order valence-corrected chi connectivity index (χ1v) is 9.01. The Bertz CT molecular complexity index is 769. The number of nitrogens with zero attached hydrogens (tertiary/aromatic N) is 1. The van der Waals surface area contributed by atoms with E-state index in [1.54, 1.807) is 18.3 Å². The molecule has 0 fully saturated rings. The topological polar surface area (TPSA) is 101 Å². The number of nitrogens with one attached hydrogen (secondary N) is 1. The van der Waals surface area contributed by atoms with Crippen LogP contribution in [0.1, 0.15) is 30.5 Å². The second-order valence-corrected chi connectivity index (χ2v) is 6.46.